The molecule has 0 bridgehead atoms. The van der Waals surface area contributed by atoms with E-state index in [4.69, 9.17) is 0 Å². The largest absolute Gasteiger partial charge is 0.143 e. The zero-order chi connectivity index (χ0) is 14.2. The maximum absolute atomic E-state index is 3.87. The van der Waals surface area contributed by atoms with E-state index >= 15 is 0 Å². The third-order valence-electron chi connectivity index (χ3n) is 3.32. The topological polar surface area (TPSA) is 0 Å². The van der Waals surface area contributed by atoms with Crippen LogP contribution >= 0.6 is 27.3 Å². The van der Waals surface area contributed by atoms with Crippen LogP contribution < -0.4 is 0 Å². The molecule has 0 saturated heterocycles. The van der Waals surface area contributed by atoms with Crippen molar-refractivity contribution in [2.24, 2.45) is 0 Å². The number of benzene rings is 1. The molecule has 0 nitrogen and oxygen atoms in total. The number of thiophene rings is 1. The van der Waals surface area contributed by atoms with E-state index in [9.17, 15) is 0 Å². The smallest absolute Gasteiger partial charge is 0.0740 e. The van der Waals surface area contributed by atoms with Gasteiger partial charge in [-0.15, -0.1) is 11.3 Å². The van der Waals surface area contributed by atoms with Crippen molar-refractivity contribution in [3.8, 4) is 0 Å². The van der Waals surface area contributed by atoms with Gasteiger partial charge in [-0.1, -0.05) is 60.5 Å². The Morgan fingerprint density at radius 1 is 1.05 bits per heavy atom. The molecule has 0 N–H and O–H groups in total. The lowest BCUT2D eigenvalue weighted by molar-refractivity contribution is 0.604. The number of hydrogen-bond donors (Lipinski definition) is 0. The fraction of sp³-hybridized carbons (Fsp3) is 0.412. The molecular weight excluding hydrogens is 316 g/mol. The van der Waals surface area contributed by atoms with Crippen LogP contribution in [-0.4, -0.2) is 0 Å². The molecule has 0 aliphatic rings. The molecule has 102 valence electrons. The molecule has 2 heteroatoms. The molecule has 19 heavy (non-hydrogen) atoms. The maximum atomic E-state index is 3.87. The highest BCUT2D eigenvalue weighted by molar-refractivity contribution is 9.09. The van der Waals surface area contributed by atoms with Crippen molar-refractivity contribution in [1.82, 2.24) is 0 Å². The van der Waals surface area contributed by atoms with Gasteiger partial charge in [0.15, 0.2) is 0 Å². The minimum Gasteiger partial charge on any atom is -0.143 e. The summed E-state index contributed by atoms with van der Waals surface area (Å²) in [6, 6.07) is 11.2. The Morgan fingerprint density at radius 2 is 1.74 bits per heavy atom. The first-order valence-electron chi connectivity index (χ1n) is 6.60. The van der Waals surface area contributed by atoms with E-state index in [0.29, 0.717) is 4.83 Å². The Morgan fingerprint density at radius 3 is 2.32 bits per heavy atom. The summed E-state index contributed by atoms with van der Waals surface area (Å²) in [5.41, 5.74) is 4.27. The summed E-state index contributed by atoms with van der Waals surface area (Å²) in [5, 5.41) is 0. The van der Waals surface area contributed by atoms with Gasteiger partial charge in [-0.3, -0.25) is 0 Å². The molecule has 1 unspecified atom stereocenters. The Hall–Kier alpha value is -0.600. The van der Waals surface area contributed by atoms with Gasteiger partial charge in [0.1, 0.15) is 0 Å². The van der Waals surface area contributed by atoms with Crippen molar-refractivity contribution in [3.05, 3.63) is 56.8 Å². The first-order chi connectivity index (χ1) is 8.79. The van der Waals surface area contributed by atoms with Crippen molar-refractivity contribution in [1.29, 1.82) is 0 Å². The fourth-order valence-corrected chi connectivity index (χ4v) is 4.07. The van der Waals surface area contributed by atoms with Crippen LogP contribution in [0.5, 0.6) is 0 Å². The minimum absolute atomic E-state index is 0.233. The third-order valence-corrected chi connectivity index (χ3v) is 6.19. The van der Waals surface area contributed by atoms with E-state index in [0.717, 1.165) is 0 Å². The molecule has 2 rings (SSSR count). The molecular formula is C17H21BrS. The predicted octanol–water partition coefficient (Wildman–Crippen LogP) is 6.15. The van der Waals surface area contributed by atoms with Gasteiger partial charge >= 0.3 is 0 Å². The van der Waals surface area contributed by atoms with Gasteiger partial charge in [-0.2, -0.15) is 0 Å². The summed E-state index contributed by atoms with van der Waals surface area (Å²) >= 11 is 5.78. The summed E-state index contributed by atoms with van der Waals surface area (Å²) < 4.78 is 0. The van der Waals surface area contributed by atoms with Crippen LogP contribution in [0.4, 0.5) is 0 Å². The zero-order valence-electron chi connectivity index (χ0n) is 12.3. The summed E-state index contributed by atoms with van der Waals surface area (Å²) in [6.45, 7) is 11.1. The van der Waals surface area contributed by atoms with Crippen molar-refractivity contribution in [2.45, 2.75) is 44.9 Å². The molecule has 0 aliphatic carbocycles. The third kappa shape index (κ3) is 3.29. The van der Waals surface area contributed by atoms with Gasteiger partial charge in [0.2, 0.25) is 0 Å². The van der Waals surface area contributed by atoms with Crippen molar-refractivity contribution < 1.29 is 0 Å². The Balaban J connectivity index is 2.36. The van der Waals surface area contributed by atoms with Crippen molar-refractivity contribution in [2.75, 3.05) is 0 Å². The zero-order valence-corrected chi connectivity index (χ0v) is 14.7. The Kier molecular flexibility index (Phi) is 4.22. The van der Waals surface area contributed by atoms with Gasteiger partial charge in [0.05, 0.1) is 4.83 Å². The van der Waals surface area contributed by atoms with Crippen LogP contribution in [0.3, 0.4) is 0 Å². The lowest BCUT2D eigenvalue weighted by Crippen LogP contribution is -2.07. The molecule has 2 aromatic rings. The fourth-order valence-electron chi connectivity index (χ4n) is 2.08. The van der Waals surface area contributed by atoms with E-state index in [2.05, 4.69) is 80.9 Å². The predicted molar refractivity (Wildman–Crippen MR) is 89.7 cm³/mol. The van der Waals surface area contributed by atoms with Gasteiger partial charge in [-0.05, 0) is 42.5 Å². The quantitative estimate of drug-likeness (QED) is 0.577. The molecule has 0 amide bonds. The standard InChI is InChI=1S/C17H21BrS/c1-11-6-7-12(2)13(10-11)16(18)14-8-9-15(19-14)17(3,4)5/h6-10,16H,1-5H3. The summed E-state index contributed by atoms with van der Waals surface area (Å²) in [7, 11) is 0. The van der Waals surface area contributed by atoms with Crippen molar-refractivity contribution in [3.63, 3.8) is 0 Å². The molecule has 1 aromatic carbocycles. The van der Waals surface area contributed by atoms with Crippen LogP contribution in [0.25, 0.3) is 0 Å². The molecule has 0 saturated carbocycles. The number of hydrogen-bond acceptors (Lipinski definition) is 1. The van der Waals surface area contributed by atoms with E-state index in [1.807, 2.05) is 11.3 Å². The first kappa shape index (κ1) is 14.8. The second-order valence-corrected chi connectivity index (χ2v) is 8.21. The number of alkyl halides is 1. The summed E-state index contributed by atoms with van der Waals surface area (Å²) in [4.78, 5) is 3.13. The molecule has 0 spiro atoms. The molecule has 1 aromatic heterocycles. The average Bonchev–Trinajstić information content (AvgIpc) is 2.80. The monoisotopic (exact) mass is 336 g/mol. The number of aryl methyl sites for hydroxylation is 2. The van der Waals surface area contributed by atoms with Crippen LogP contribution in [0, 0.1) is 13.8 Å². The highest BCUT2D eigenvalue weighted by Gasteiger charge is 2.20. The van der Waals surface area contributed by atoms with E-state index in [1.54, 1.807) is 0 Å². The first-order valence-corrected chi connectivity index (χ1v) is 8.33. The molecule has 0 radical (unpaired) electrons. The van der Waals surface area contributed by atoms with Gasteiger partial charge < -0.3 is 0 Å². The van der Waals surface area contributed by atoms with Gasteiger partial charge in [-0.25, -0.2) is 0 Å². The molecule has 0 fully saturated rings. The lowest BCUT2D eigenvalue weighted by Gasteiger charge is -2.16. The number of halogens is 1. The van der Waals surface area contributed by atoms with Gasteiger partial charge in [0.25, 0.3) is 0 Å². The van der Waals surface area contributed by atoms with Crippen LogP contribution in [0.1, 0.15) is 52.0 Å². The number of rotatable bonds is 2. The normalized spacial score (nSPS) is 13.6. The Bertz CT molecular complexity index is 575. The lowest BCUT2D eigenvalue weighted by atomic mass is 9.95. The average molecular weight is 337 g/mol. The minimum atomic E-state index is 0.233. The Labute approximate surface area is 129 Å². The van der Waals surface area contributed by atoms with Gasteiger partial charge in [0, 0.05) is 9.75 Å². The SMILES string of the molecule is Cc1ccc(C)c(C(Br)c2ccc(C(C)(C)C)s2)c1. The van der Waals surface area contributed by atoms with Crippen LogP contribution in [0.2, 0.25) is 0 Å². The van der Waals surface area contributed by atoms with E-state index < -0.39 is 0 Å². The molecule has 1 atom stereocenters. The highest BCUT2D eigenvalue weighted by Crippen LogP contribution is 2.39. The van der Waals surface area contributed by atoms with Crippen LogP contribution in [-0.2, 0) is 5.41 Å². The second kappa shape index (κ2) is 5.41. The van der Waals surface area contributed by atoms with Crippen LogP contribution in [0.15, 0.2) is 30.3 Å². The van der Waals surface area contributed by atoms with E-state index in [-0.39, 0.29) is 5.41 Å². The second-order valence-electron chi connectivity index (χ2n) is 6.17. The molecule has 0 aliphatic heterocycles. The summed E-state index contributed by atoms with van der Waals surface area (Å²) in [6.07, 6.45) is 0. The molecule has 1 heterocycles. The van der Waals surface area contributed by atoms with E-state index in [1.165, 1.54) is 26.4 Å². The van der Waals surface area contributed by atoms with Crippen molar-refractivity contribution >= 4 is 27.3 Å². The highest BCUT2D eigenvalue weighted by atomic mass is 79.9. The maximum Gasteiger partial charge on any atom is 0.0740 e. The summed E-state index contributed by atoms with van der Waals surface area (Å²) in [5.74, 6) is 0.